The molecule has 7 nitrogen and oxygen atoms in total. The van der Waals surface area contributed by atoms with Crippen LogP contribution in [0.4, 0.5) is 0 Å². The van der Waals surface area contributed by atoms with Crippen LogP contribution in [0.1, 0.15) is 19.8 Å². The first-order chi connectivity index (χ1) is 9.79. The topological polar surface area (TPSA) is 84.0 Å². The minimum Gasteiger partial charge on any atom is -0.468 e. The van der Waals surface area contributed by atoms with Crippen molar-refractivity contribution in [2.24, 2.45) is 0 Å². The Morgan fingerprint density at radius 3 is 2.43 bits per heavy atom. The van der Waals surface area contributed by atoms with Crippen molar-refractivity contribution in [2.45, 2.75) is 25.8 Å². The fourth-order valence-corrected chi connectivity index (χ4v) is 4.14. The Labute approximate surface area is 126 Å². The molecule has 0 spiro atoms. The minimum atomic E-state index is -3.02. The second-order valence-corrected chi connectivity index (χ2v) is 7.58. The molecule has 1 heterocycles. The Bertz CT molecular complexity index is 477. The van der Waals surface area contributed by atoms with Gasteiger partial charge in [-0.05, 0) is 19.4 Å². The van der Waals surface area contributed by atoms with E-state index in [4.69, 9.17) is 0 Å². The lowest BCUT2D eigenvalue weighted by atomic mass is 10.2. The molecule has 1 aliphatic heterocycles. The summed E-state index contributed by atoms with van der Waals surface area (Å²) in [5, 5.41) is 0. The zero-order chi connectivity index (χ0) is 16.0. The Morgan fingerprint density at radius 2 is 1.95 bits per heavy atom. The summed E-state index contributed by atoms with van der Waals surface area (Å²) >= 11 is 0. The van der Waals surface area contributed by atoms with E-state index in [0.29, 0.717) is 13.0 Å². The first-order valence-electron chi connectivity index (χ1n) is 7.04. The number of hydrogen-bond acceptors (Lipinski definition) is 6. The van der Waals surface area contributed by atoms with Crippen LogP contribution < -0.4 is 0 Å². The van der Waals surface area contributed by atoms with Gasteiger partial charge in [0.2, 0.25) is 5.91 Å². The van der Waals surface area contributed by atoms with Gasteiger partial charge in [0.05, 0.1) is 31.7 Å². The molecule has 0 radical (unpaired) electrons. The molecule has 21 heavy (non-hydrogen) atoms. The molecule has 0 bridgehead atoms. The van der Waals surface area contributed by atoms with E-state index in [0.717, 1.165) is 6.42 Å². The second kappa shape index (κ2) is 7.74. The Balaban J connectivity index is 2.58. The molecule has 1 aliphatic rings. The summed E-state index contributed by atoms with van der Waals surface area (Å²) in [4.78, 5) is 26.8. The van der Waals surface area contributed by atoms with E-state index < -0.39 is 9.84 Å². The summed E-state index contributed by atoms with van der Waals surface area (Å²) < 4.78 is 27.5. The van der Waals surface area contributed by atoms with Gasteiger partial charge in [-0.3, -0.25) is 14.5 Å². The van der Waals surface area contributed by atoms with Gasteiger partial charge in [0.1, 0.15) is 0 Å². The quantitative estimate of drug-likeness (QED) is 0.589. The van der Waals surface area contributed by atoms with Gasteiger partial charge in [-0.1, -0.05) is 6.92 Å². The summed E-state index contributed by atoms with van der Waals surface area (Å²) in [6, 6.07) is -0.260. The standard InChI is InChI=1S/C13H24N2O5S/c1-4-6-15(9-13(17)20-3)8-12(16)14(2)11-5-7-21(18,19)10-11/h11H,4-10H2,1-3H3. The van der Waals surface area contributed by atoms with Gasteiger partial charge in [-0.25, -0.2) is 8.42 Å². The molecule has 1 unspecified atom stereocenters. The number of hydrogen-bond donors (Lipinski definition) is 0. The molecule has 1 atom stereocenters. The number of ether oxygens (including phenoxy) is 1. The summed E-state index contributed by atoms with van der Waals surface area (Å²) in [6.45, 7) is 2.72. The smallest absolute Gasteiger partial charge is 0.319 e. The number of rotatable bonds is 7. The van der Waals surface area contributed by atoms with Crippen molar-refractivity contribution in [1.29, 1.82) is 0 Å². The second-order valence-electron chi connectivity index (χ2n) is 5.35. The Kier molecular flexibility index (Phi) is 6.60. The molecule has 1 saturated heterocycles. The zero-order valence-corrected chi connectivity index (χ0v) is 13.7. The Hall–Kier alpha value is -1.15. The van der Waals surface area contributed by atoms with Gasteiger partial charge in [-0.2, -0.15) is 0 Å². The summed E-state index contributed by atoms with van der Waals surface area (Å²) in [7, 11) is -0.0868. The number of esters is 1. The lowest BCUT2D eigenvalue weighted by molar-refractivity contribution is -0.143. The van der Waals surface area contributed by atoms with Crippen molar-refractivity contribution in [3.05, 3.63) is 0 Å². The van der Waals surface area contributed by atoms with Gasteiger partial charge in [0, 0.05) is 13.1 Å². The van der Waals surface area contributed by atoms with Crippen LogP contribution in [0.15, 0.2) is 0 Å². The van der Waals surface area contributed by atoms with E-state index in [1.54, 1.807) is 11.9 Å². The Morgan fingerprint density at radius 1 is 1.29 bits per heavy atom. The zero-order valence-electron chi connectivity index (χ0n) is 12.9. The SMILES string of the molecule is CCCN(CC(=O)OC)CC(=O)N(C)C1CCS(=O)(=O)C1. The van der Waals surface area contributed by atoms with Crippen molar-refractivity contribution in [3.63, 3.8) is 0 Å². The van der Waals surface area contributed by atoms with E-state index in [-0.39, 0.29) is 42.5 Å². The molecule has 1 fully saturated rings. The molecule has 122 valence electrons. The monoisotopic (exact) mass is 320 g/mol. The normalized spacial score (nSPS) is 20.5. The van der Waals surface area contributed by atoms with E-state index in [1.807, 2.05) is 6.92 Å². The molecule has 0 aromatic rings. The fourth-order valence-electron chi connectivity index (χ4n) is 2.36. The number of methoxy groups -OCH3 is 1. The number of sulfone groups is 1. The van der Waals surface area contributed by atoms with Crippen LogP contribution in [0, 0.1) is 0 Å². The third kappa shape index (κ3) is 5.62. The van der Waals surface area contributed by atoms with Gasteiger partial charge in [-0.15, -0.1) is 0 Å². The minimum absolute atomic E-state index is 0.0278. The maximum absolute atomic E-state index is 12.2. The largest absolute Gasteiger partial charge is 0.468 e. The first kappa shape index (κ1) is 17.9. The van der Waals surface area contributed by atoms with Crippen molar-refractivity contribution in [1.82, 2.24) is 9.80 Å². The summed E-state index contributed by atoms with van der Waals surface area (Å²) in [5.41, 5.74) is 0. The van der Waals surface area contributed by atoms with Gasteiger partial charge < -0.3 is 9.64 Å². The van der Waals surface area contributed by atoms with Crippen LogP contribution in [-0.2, 0) is 24.2 Å². The van der Waals surface area contributed by atoms with Crippen molar-refractivity contribution in [2.75, 3.05) is 45.3 Å². The first-order valence-corrected chi connectivity index (χ1v) is 8.86. The number of nitrogens with zero attached hydrogens (tertiary/aromatic N) is 2. The molecule has 1 rings (SSSR count). The molecule has 1 amide bonds. The fraction of sp³-hybridized carbons (Fsp3) is 0.846. The molecular formula is C13H24N2O5S. The maximum atomic E-state index is 12.2. The highest BCUT2D eigenvalue weighted by molar-refractivity contribution is 7.91. The number of carbonyl (C=O) groups is 2. The molecule has 0 saturated carbocycles. The van der Waals surface area contributed by atoms with Crippen LogP contribution in [0.2, 0.25) is 0 Å². The molecule has 0 aromatic carbocycles. The van der Waals surface area contributed by atoms with Crippen LogP contribution in [0.5, 0.6) is 0 Å². The highest BCUT2D eigenvalue weighted by atomic mass is 32.2. The van der Waals surface area contributed by atoms with Crippen LogP contribution in [0.3, 0.4) is 0 Å². The van der Waals surface area contributed by atoms with Crippen LogP contribution in [-0.4, -0.2) is 81.4 Å². The van der Waals surface area contributed by atoms with Gasteiger partial charge in [0.15, 0.2) is 9.84 Å². The third-order valence-corrected chi connectivity index (χ3v) is 5.38. The van der Waals surface area contributed by atoms with E-state index in [9.17, 15) is 18.0 Å². The predicted molar refractivity (Wildman–Crippen MR) is 78.6 cm³/mol. The lowest BCUT2D eigenvalue weighted by Crippen LogP contribution is -2.45. The average molecular weight is 320 g/mol. The molecule has 0 N–H and O–H groups in total. The maximum Gasteiger partial charge on any atom is 0.319 e. The number of carbonyl (C=O) groups excluding carboxylic acids is 2. The number of amides is 1. The van der Waals surface area contributed by atoms with Crippen LogP contribution in [0.25, 0.3) is 0 Å². The van der Waals surface area contributed by atoms with Crippen molar-refractivity contribution >= 4 is 21.7 Å². The molecule has 8 heteroatoms. The predicted octanol–water partition coefficient (Wildman–Crippen LogP) is -0.483. The highest BCUT2D eigenvalue weighted by Crippen LogP contribution is 2.16. The van der Waals surface area contributed by atoms with Gasteiger partial charge in [0.25, 0.3) is 0 Å². The third-order valence-electron chi connectivity index (χ3n) is 3.63. The molecular weight excluding hydrogens is 296 g/mol. The molecule has 0 aliphatic carbocycles. The van der Waals surface area contributed by atoms with Crippen LogP contribution >= 0.6 is 0 Å². The lowest BCUT2D eigenvalue weighted by Gasteiger charge is -2.27. The van der Waals surface area contributed by atoms with E-state index >= 15 is 0 Å². The number of likely N-dealkylation sites (N-methyl/N-ethyl adjacent to an activating group) is 1. The van der Waals surface area contributed by atoms with E-state index in [2.05, 4.69) is 4.74 Å². The summed E-state index contributed by atoms with van der Waals surface area (Å²) in [6.07, 6.45) is 1.29. The van der Waals surface area contributed by atoms with E-state index in [1.165, 1.54) is 12.0 Å². The average Bonchev–Trinajstić information content (AvgIpc) is 2.78. The summed E-state index contributed by atoms with van der Waals surface area (Å²) in [5.74, 6) is -0.396. The molecule has 0 aromatic heterocycles. The van der Waals surface area contributed by atoms with Crippen molar-refractivity contribution in [3.8, 4) is 0 Å². The van der Waals surface area contributed by atoms with Gasteiger partial charge >= 0.3 is 5.97 Å². The highest BCUT2D eigenvalue weighted by Gasteiger charge is 2.33. The van der Waals surface area contributed by atoms with Crippen molar-refractivity contribution < 1.29 is 22.7 Å².